The monoisotopic (exact) mass is 399 g/mol. The summed E-state index contributed by atoms with van der Waals surface area (Å²) in [4.78, 5) is 20.7. The lowest BCUT2D eigenvalue weighted by molar-refractivity contribution is 0.0922. The number of benzene rings is 1. The summed E-state index contributed by atoms with van der Waals surface area (Å²) in [6.45, 7) is 0. The highest BCUT2D eigenvalue weighted by atomic mass is 16.5. The van der Waals surface area contributed by atoms with Gasteiger partial charge >= 0.3 is 0 Å². The number of nitrogens with one attached hydrogen (secondary N) is 1. The SMILES string of the molecule is O=C(NC1CCCCC1)c1cc(Oc2ccc(/C=C/c3ccncc3)cc2)ccn1. The minimum Gasteiger partial charge on any atom is -0.457 e. The van der Waals surface area contributed by atoms with Gasteiger partial charge in [0.05, 0.1) is 0 Å². The first kappa shape index (κ1) is 19.8. The van der Waals surface area contributed by atoms with Gasteiger partial charge in [0.1, 0.15) is 17.2 Å². The van der Waals surface area contributed by atoms with E-state index < -0.39 is 0 Å². The molecule has 4 rings (SSSR count). The molecule has 0 radical (unpaired) electrons. The second-order valence-electron chi connectivity index (χ2n) is 7.47. The van der Waals surface area contributed by atoms with Crippen molar-refractivity contribution in [3.8, 4) is 11.5 Å². The van der Waals surface area contributed by atoms with Crippen LogP contribution in [0.1, 0.15) is 53.7 Å². The molecule has 0 bridgehead atoms. The second-order valence-corrected chi connectivity index (χ2v) is 7.47. The maximum absolute atomic E-state index is 12.5. The van der Waals surface area contributed by atoms with Gasteiger partial charge in [0.25, 0.3) is 5.91 Å². The number of nitrogens with zero attached hydrogens (tertiary/aromatic N) is 2. The standard InChI is InChI=1S/C25H25N3O2/c29-25(28-21-4-2-1-3-5-21)24-18-23(14-17-27-24)30-22-10-8-19(9-11-22)6-7-20-12-15-26-16-13-20/h6-18,21H,1-5H2,(H,28,29)/b7-6+. The van der Waals surface area contributed by atoms with E-state index in [0.717, 1.165) is 24.0 Å². The molecule has 2 heterocycles. The number of hydrogen-bond donors (Lipinski definition) is 1. The Morgan fingerprint density at radius 1 is 0.867 bits per heavy atom. The van der Waals surface area contributed by atoms with Crippen LogP contribution in [-0.4, -0.2) is 21.9 Å². The van der Waals surface area contributed by atoms with Crippen molar-refractivity contribution in [3.63, 3.8) is 0 Å². The van der Waals surface area contributed by atoms with Crippen molar-refractivity contribution in [1.29, 1.82) is 0 Å². The lowest BCUT2D eigenvalue weighted by Gasteiger charge is -2.22. The van der Waals surface area contributed by atoms with Gasteiger partial charge in [-0.1, -0.05) is 43.5 Å². The van der Waals surface area contributed by atoms with E-state index in [9.17, 15) is 4.79 Å². The van der Waals surface area contributed by atoms with E-state index in [1.807, 2.05) is 48.6 Å². The van der Waals surface area contributed by atoms with E-state index in [-0.39, 0.29) is 11.9 Å². The molecule has 0 aliphatic heterocycles. The van der Waals surface area contributed by atoms with Crippen molar-refractivity contribution in [3.05, 3.63) is 83.9 Å². The Hall–Kier alpha value is -3.47. The fourth-order valence-electron chi connectivity index (χ4n) is 3.56. The summed E-state index contributed by atoms with van der Waals surface area (Å²) in [7, 11) is 0. The van der Waals surface area contributed by atoms with Crippen LogP contribution in [0.25, 0.3) is 12.2 Å². The van der Waals surface area contributed by atoms with Crippen LogP contribution in [-0.2, 0) is 0 Å². The fourth-order valence-corrected chi connectivity index (χ4v) is 3.56. The van der Waals surface area contributed by atoms with Gasteiger partial charge in [0, 0.05) is 30.7 Å². The van der Waals surface area contributed by atoms with E-state index in [1.54, 1.807) is 30.7 Å². The van der Waals surface area contributed by atoms with Crippen molar-refractivity contribution >= 4 is 18.1 Å². The van der Waals surface area contributed by atoms with Crippen LogP contribution in [0.3, 0.4) is 0 Å². The molecule has 1 fully saturated rings. The van der Waals surface area contributed by atoms with Gasteiger partial charge in [-0.15, -0.1) is 0 Å². The lowest BCUT2D eigenvalue weighted by atomic mass is 9.95. The van der Waals surface area contributed by atoms with Gasteiger partial charge in [0.2, 0.25) is 0 Å². The summed E-state index contributed by atoms with van der Waals surface area (Å²) < 4.78 is 5.92. The second kappa shape index (κ2) is 9.83. The van der Waals surface area contributed by atoms with Gasteiger partial charge in [-0.05, 0) is 54.3 Å². The average Bonchev–Trinajstić information content (AvgIpc) is 2.80. The summed E-state index contributed by atoms with van der Waals surface area (Å²) in [6, 6.07) is 15.4. The van der Waals surface area contributed by atoms with E-state index in [0.29, 0.717) is 17.2 Å². The maximum Gasteiger partial charge on any atom is 0.270 e. The molecular weight excluding hydrogens is 374 g/mol. The highest BCUT2D eigenvalue weighted by Crippen LogP contribution is 2.23. The predicted molar refractivity (Wildman–Crippen MR) is 118 cm³/mol. The van der Waals surface area contributed by atoms with Crippen molar-refractivity contribution in [2.45, 2.75) is 38.1 Å². The van der Waals surface area contributed by atoms with E-state index in [1.165, 1.54) is 19.3 Å². The minimum absolute atomic E-state index is 0.135. The zero-order chi connectivity index (χ0) is 20.6. The van der Waals surface area contributed by atoms with E-state index >= 15 is 0 Å². The third kappa shape index (κ3) is 5.54. The van der Waals surface area contributed by atoms with Crippen LogP contribution in [0.15, 0.2) is 67.1 Å². The van der Waals surface area contributed by atoms with Crippen LogP contribution >= 0.6 is 0 Å². The number of aromatic nitrogens is 2. The maximum atomic E-state index is 12.5. The molecule has 1 aliphatic rings. The largest absolute Gasteiger partial charge is 0.457 e. The third-order valence-electron chi connectivity index (χ3n) is 5.19. The summed E-state index contributed by atoms with van der Waals surface area (Å²) in [5, 5.41) is 3.09. The average molecular weight is 399 g/mol. The molecule has 1 amide bonds. The minimum atomic E-state index is -0.135. The van der Waals surface area contributed by atoms with Gasteiger partial charge in [-0.25, -0.2) is 0 Å². The summed E-state index contributed by atoms with van der Waals surface area (Å²) in [6.07, 6.45) is 14.9. The summed E-state index contributed by atoms with van der Waals surface area (Å²) in [5.41, 5.74) is 2.55. The Labute approximate surface area is 176 Å². The highest BCUT2D eigenvalue weighted by Gasteiger charge is 2.17. The smallest absolute Gasteiger partial charge is 0.270 e. The number of rotatable bonds is 6. The van der Waals surface area contributed by atoms with E-state index in [2.05, 4.69) is 15.3 Å². The molecule has 5 nitrogen and oxygen atoms in total. The number of carbonyl (C=O) groups excluding carboxylic acids is 1. The van der Waals surface area contributed by atoms with Gasteiger partial charge in [0.15, 0.2) is 0 Å². The zero-order valence-electron chi connectivity index (χ0n) is 16.8. The van der Waals surface area contributed by atoms with Crippen LogP contribution in [0.2, 0.25) is 0 Å². The van der Waals surface area contributed by atoms with Crippen LogP contribution in [0, 0.1) is 0 Å². The molecule has 152 valence electrons. The summed E-state index contributed by atoms with van der Waals surface area (Å²) in [5.74, 6) is 1.17. The Balaban J connectivity index is 1.37. The molecule has 0 atom stereocenters. The Morgan fingerprint density at radius 2 is 1.57 bits per heavy atom. The van der Waals surface area contributed by atoms with Crippen molar-refractivity contribution < 1.29 is 9.53 Å². The van der Waals surface area contributed by atoms with Crippen molar-refractivity contribution in [1.82, 2.24) is 15.3 Å². The van der Waals surface area contributed by atoms with Gasteiger partial charge in [-0.3, -0.25) is 14.8 Å². The Bertz CT molecular complexity index is 994. The third-order valence-corrected chi connectivity index (χ3v) is 5.19. The molecule has 3 aromatic rings. The lowest BCUT2D eigenvalue weighted by Crippen LogP contribution is -2.36. The Kier molecular flexibility index (Phi) is 6.50. The van der Waals surface area contributed by atoms with Crippen LogP contribution in [0.5, 0.6) is 11.5 Å². The molecular formula is C25H25N3O2. The van der Waals surface area contributed by atoms with Crippen molar-refractivity contribution in [2.75, 3.05) is 0 Å². The number of ether oxygens (including phenoxy) is 1. The number of hydrogen-bond acceptors (Lipinski definition) is 4. The van der Waals surface area contributed by atoms with Gasteiger partial charge < -0.3 is 10.1 Å². The predicted octanol–water partition coefficient (Wildman–Crippen LogP) is 5.50. The van der Waals surface area contributed by atoms with Crippen LogP contribution < -0.4 is 10.1 Å². The first-order valence-electron chi connectivity index (χ1n) is 10.4. The molecule has 1 aliphatic carbocycles. The number of amides is 1. The van der Waals surface area contributed by atoms with Crippen molar-refractivity contribution in [2.24, 2.45) is 0 Å². The van der Waals surface area contributed by atoms with Crippen LogP contribution in [0.4, 0.5) is 0 Å². The molecule has 1 aromatic carbocycles. The molecule has 0 spiro atoms. The molecule has 2 aromatic heterocycles. The molecule has 1 saturated carbocycles. The molecule has 30 heavy (non-hydrogen) atoms. The molecule has 5 heteroatoms. The molecule has 0 saturated heterocycles. The first-order chi connectivity index (χ1) is 14.8. The molecule has 0 unspecified atom stereocenters. The normalized spacial score (nSPS) is 14.5. The topological polar surface area (TPSA) is 64.1 Å². The fraction of sp³-hybridized carbons (Fsp3) is 0.240. The van der Waals surface area contributed by atoms with E-state index in [4.69, 9.17) is 4.74 Å². The highest BCUT2D eigenvalue weighted by molar-refractivity contribution is 5.92. The number of pyridine rings is 2. The first-order valence-corrected chi connectivity index (χ1v) is 10.4. The number of carbonyl (C=O) groups is 1. The summed E-state index contributed by atoms with van der Waals surface area (Å²) >= 11 is 0. The zero-order valence-corrected chi connectivity index (χ0v) is 16.8. The quantitative estimate of drug-likeness (QED) is 0.594. The van der Waals surface area contributed by atoms with Gasteiger partial charge in [-0.2, -0.15) is 0 Å². The Morgan fingerprint density at radius 3 is 2.30 bits per heavy atom. The molecule has 1 N–H and O–H groups in total.